The summed E-state index contributed by atoms with van der Waals surface area (Å²) in [5.41, 5.74) is 0. The third-order valence-electron chi connectivity index (χ3n) is 1.76. The van der Waals surface area contributed by atoms with E-state index in [1.165, 1.54) is 0 Å². The van der Waals surface area contributed by atoms with Crippen molar-refractivity contribution >= 4 is 11.6 Å². The highest BCUT2D eigenvalue weighted by molar-refractivity contribution is 6.30. The van der Waals surface area contributed by atoms with Gasteiger partial charge in [0.15, 0.2) is 0 Å². The lowest BCUT2D eigenvalue weighted by Gasteiger charge is -2.07. The quantitative estimate of drug-likeness (QED) is 0.751. The molecule has 1 fully saturated rings. The van der Waals surface area contributed by atoms with Crippen LogP contribution in [0.15, 0.2) is 24.3 Å². The lowest BCUT2D eigenvalue weighted by Crippen LogP contribution is -2.20. The van der Waals surface area contributed by atoms with E-state index in [1.54, 1.807) is 24.3 Å². The zero-order valence-electron chi connectivity index (χ0n) is 6.87. The lowest BCUT2D eigenvalue weighted by molar-refractivity contribution is -0.00429. The Labute approximate surface area is 80.8 Å². The molecular formula is C9H9ClO3. The van der Waals surface area contributed by atoms with Gasteiger partial charge in [-0.15, -0.1) is 0 Å². The van der Waals surface area contributed by atoms with Crippen LogP contribution in [0.5, 0.6) is 5.75 Å². The molecule has 1 aromatic carbocycles. The van der Waals surface area contributed by atoms with Gasteiger partial charge < -0.3 is 14.6 Å². The molecule has 4 heteroatoms. The van der Waals surface area contributed by atoms with Gasteiger partial charge in [0, 0.05) is 5.02 Å². The highest BCUT2D eigenvalue weighted by Gasteiger charge is 2.43. The first-order valence-corrected chi connectivity index (χ1v) is 4.30. The number of halogens is 1. The first kappa shape index (κ1) is 8.81. The second-order valence-electron chi connectivity index (χ2n) is 2.98. The molecule has 70 valence electrons. The maximum absolute atomic E-state index is 9.27. The molecule has 2 rings (SSSR count). The average Bonchev–Trinajstić information content (AvgIpc) is 2.84. The first-order chi connectivity index (χ1) is 6.18. The predicted molar refractivity (Wildman–Crippen MR) is 47.8 cm³/mol. The van der Waals surface area contributed by atoms with E-state index in [9.17, 15) is 5.11 Å². The van der Waals surface area contributed by atoms with E-state index in [2.05, 4.69) is 0 Å². The first-order valence-electron chi connectivity index (χ1n) is 3.93. The summed E-state index contributed by atoms with van der Waals surface area (Å²) in [6, 6.07) is 6.95. The highest BCUT2D eigenvalue weighted by Crippen LogP contribution is 2.24. The summed E-state index contributed by atoms with van der Waals surface area (Å²) in [5, 5.41) is 9.93. The van der Waals surface area contributed by atoms with Crippen LogP contribution >= 0.6 is 11.6 Å². The SMILES string of the molecule is OC1(COc2ccc(Cl)cc2)CO1. The van der Waals surface area contributed by atoms with Crippen LogP contribution in [0.25, 0.3) is 0 Å². The molecule has 1 saturated heterocycles. The number of rotatable bonds is 3. The third-order valence-corrected chi connectivity index (χ3v) is 2.01. The normalized spacial score (nSPS) is 25.7. The minimum atomic E-state index is -1.06. The van der Waals surface area contributed by atoms with Crippen molar-refractivity contribution in [2.45, 2.75) is 5.79 Å². The molecule has 0 radical (unpaired) electrons. The second kappa shape index (κ2) is 3.18. The van der Waals surface area contributed by atoms with E-state index in [4.69, 9.17) is 21.1 Å². The number of ether oxygens (including phenoxy) is 2. The Morgan fingerprint density at radius 1 is 1.46 bits per heavy atom. The van der Waals surface area contributed by atoms with Crippen molar-refractivity contribution in [1.29, 1.82) is 0 Å². The lowest BCUT2D eigenvalue weighted by atomic mass is 10.3. The van der Waals surface area contributed by atoms with Crippen molar-refractivity contribution in [2.75, 3.05) is 13.2 Å². The number of benzene rings is 1. The van der Waals surface area contributed by atoms with E-state index in [0.717, 1.165) is 0 Å². The summed E-state index contributed by atoms with van der Waals surface area (Å²) < 4.78 is 10.0. The van der Waals surface area contributed by atoms with E-state index in [1.807, 2.05) is 0 Å². The van der Waals surface area contributed by atoms with Crippen molar-refractivity contribution in [1.82, 2.24) is 0 Å². The molecule has 1 atom stereocenters. The van der Waals surface area contributed by atoms with Gasteiger partial charge in [-0.05, 0) is 24.3 Å². The van der Waals surface area contributed by atoms with Crippen molar-refractivity contribution in [2.24, 2.45) is 0 Å². The molecule has 1 aliphatic heterocycles. The fourth-order valence-electron chi connectivity index (χ4n) is 0.894. The summed E-state index contributed by atoms with van der Waals surface area (Å²) in [6.07, 6.45) is 0. The monoisotopic (exact) mass is 200 g/mol. The topological polar surface area (TPSA) is 42.0 Å². The smallest absolute Gasteiger partial charge is 0.225 e. The molecule has 1 aliphatic rings. The minimum Gasteiger partial charge on any atom is -0.488 e. The van der Waals surface area contributed by atoms with E-state index >= 15 is 0 Å². The van der Waals surface area contributed by atoms with Crippen molar-refractivity contribution in [3.8, 4) is 5.75 Å². The minimum absolute atomic E-state index is 0.161. The Kier molecular flexibility index (Phi) is 2.15. The standard InChI is InChI=1S/C9H9ClO3/c10-7-1-3-8(4-2-7)12-5-9(11)6-13-9/h1-4,11H,5-6H2. The zero-order valence-corrected chi connectivity index (χ0v) is 7.62. The Bertz CT molecular complexity index is 292. The summed E-state index contributed by atoms with van der Waals surface area (Å²) >= 11 is 5.68. The van der Waals surface area contributed by atoms with Crippen LogP contribution in [0.3, 0.4) is 0 Å². The molecule has 3 nitrogen and oxygen atoms in total. The Morgan fingerprint density at radius 2 is 2.08 bits per heavy atom. The van der Waals surface area contributed by atoms with Crippen LogP contribution in [0.1, 0.15) is 0 Å². The number of hydrogen-bond donors (Lipinski definition) is 1. The summed E-state index contributed by atoms with van der Waals surface area (Å²) in [7, 11) is 0. The Morgan fingerprint density at radius 3 is 2.62 bits per heavy atom. The molecule has 0 aromatic heterocycles. The molecule has 0 aliphatic carbocycles. The van der Waals surface area contributed by atoms with Gasteiger partial charge in [0.05, 0.1) is 0 Å². The average molecular weight is 201 g/mol. The van der Waals surface area contributed by atoms with Gasteiger partial charge in [0.25, 0.3) is 0 Å². The summed E-state index contributed by atoms with van der Waals surface area (Å²) in [6.45, 7) is 0.509. The molecule has 0 amide bonds. The van der Waals surface area contributed by atoms with Crippen LogP contribution in [0.2, 0.25) is 5.02 Å². The largest absolute Gasteiger partial charge is 0.488 e. The fourth-order valence-corrected chi connectivity index (χ4v) is 1.02. The Hall–Kier alpha value is -0.770. The van der Waals surface area contributed by atoms with Crippen LogP contribution in [0.4, 0.5) is 0 Å². The zero-order chi connectivity index (χ0) is 9.31. The highest BCUT2D eigenvalue weighted by atomic mass is 35.5. The molecule has 0 spiro atoms. The predicted octanol–water partition coefficient (Wildman–Crippen LogP) is 1.44. The van der Waals surface area contributed by atoms with Gasteiger partial charge in [-0.2, -0.15) is 0 Å². The van der Waals surface area contributed by atoms with Crippen molar-refractivity contribution in [3.05, 3.63) is 29.3 Å². The maximum Gasteiger partial charge on any atom is 0.225 e. The Balaban J connectivity index is 1.91. The number of epoxide rings is 1. The van der Waals surface area contributed by atoms with Crippen LogP contribution in [-0.4, -0.2) is 24.1 Å². The van der Waals surface area contributed by atoms with Crippen LogP contribution in [0, 0.1) is 0 Å². The number of aliphatic hydroxyl groups is 1. The molecule has 13 heavy (non-hydrogen) atoms. The summed E-state index contributed by atoms with van der Waals surface area (Å²) in [4.78, 5) is 0. The van der Waals surface area contributed by atoms with Gasteiger partial charge in [-0.25, -0.2) is 0 Å². The fraction of sp³-hybridized carbons (Fsp3) is 0.333. The third kappa shape index (κ3) is 2.34. The molecule has 1 aromatic rings. The van der Waals surface area contributed by atoms with E-state index in [-0.39, 0.29) is 6.61 Å². The molecule has 0 bridgehead atoms. The maximum atomic E-state index is 9.27. The van der Waals surface area contributed by atoms with Gasteiger partial charge in [0.2, 0.25) is 5.79 Å². The van der Waals surface area contributed by atoms with E-state index < -0.39 is 5.79 Å². The second-order valence-corrected chi connectivity index (χ2v) is 3.41. The van der Waals surface area contributed by atoms with Crippen molar-refractivity contribution in [3.63, 3.8) is 0 Å². The molecule has 1 heterocycles. The molecule has 0 saturated carbocycles. The molecule has 1 N–H and O–H groups in total. The molecule has 1 unspecified atom stereocenters. The van der Waals surface area contributed by atoms with Crippen molar-refractivity contribution < 1.29 is 14.6 Å². The van der Waals surface area contributed by atoms with Gasteiger partial charge in [-0.1, -0.05) is 11.6 Å². The van der Waals surface area contributed by atoms with Gasteiger partial charge in [0.1, 0.15) is 19.0 Å². The number of hydrogen-bond acceptors (Lipinski definition) is 3. The van der Waals surface area contributed by atoms with E-state index in [0.29, 0.717) is 17.4 Å². The summed E-state index contributed by atoms with van der Waals surface area (Å²) in [5.74, 6) is -0.382. The van der Waals surface area contributed by atoms with Crippen LogP contribution in [-0.2, 0) is 4.74 Å². The van der Waals surface area contributed by atoms with Gasteiger partial charge in [-0.3, -0.25) is 0 Å². The molecular weight excluding hydrogens is 192 g/mol. The van der Waals surface area contributed by atoms with Gasteiger partial charge >= 0.3 is 0 Å². The van der Waals surface area contributed by atoms with Crippen LogP contribution < -0.4 is 4.74 Å².